The lowest BCUT2D eigenvalue weighted by molar-refractivity contribution is -0.132. The van der Waals surface area contributed by atoms with Crippen molar-refractivity contribution >= 4 is 11.9 Å². The van der Waals surface area contributed by atoms with Crippen molar-refractivity contribution in [3.05, 3.63) is 84.6 Å². The Bertz CT molecular complexity index is 1280. The zero-order valence-corrected chi connectivity index (χ0v) is 18.9. The monoisotopic (exact) mass is 456 g/mol. The Morgan fingerprint density at radius 1 is 0.941 bits per heavy atom. The molecule has 0 spiro atoms. The highest BCUT2D eigenvalue weighted by Crippen LogP contribution is 2.26. The molecule has 1 aliphatic rings. The van der Waals surface area contributed by atoms with Gasteiger partial charge in [-0.1, -0.05) is 30.3 Å². The second-order valence-electron chi connectivity index (χ2n) is 8.32. The number of amides is 1. The number of imidazole rings is 1. The number of piperazine rings is 1. The molecule has 5 rings (SSSR count). The van der Waals surface area contributed by atoms with Gasteiger partial charge in [0, 0.05) is 55.9 Å². The maximum Gasteiger partial charge on any atom is 0.242 e. The van der Waals surface area contributed by atoms with Gasteiger partial charge in [-0.25, -0.2) is 19.3 Å². The van der Waals surface area contributed by atoms with Gasteiger partial charge in [-0.2, -0.15) is 0 Å². The first-order valence-corrected chi connectivity index (χ1v) is 11.3. The van der Waals surface area contributed by atoms with Gasteiger partial charge in [-0.3, -0.25) is 4.79 Å². The molecule has 2 aromatic heterocycles. The third-order valence-electron chi connectivity index (χ3n) is 6.04. The highest BCUT2D eigenvalue weighted by molar-refractivity contribution is 5.78. The lowest BCUT2D eigenvalue weighted by Gasteiger charge is -2.34. The normalized spacial score (nSPS) is 13.8. The molecule has 0 unspecified atom stereocenters. The predicted molar refractivity (Wildman–Crippen MR) is 129 cm³/mol. The molecular formula is C26H25FN6O. The number of halogens is 1. The molecule has 1 saturated heterocycles. The van der Waals surface area contributed by atoms with Crippen molar-refractivity contribution in [2.45, 2.75) is 13.5 Å². The first kappa shape index (κ1) is 21.8. The van der Waals surface area contributed by atoms with Gasteiger partial charge in [0.15, 0.2) is 0 Å². The van der Waals surface area contributed by atoms with Crippen LogP contribution in [-0.2, 0) is 11.3 Å². The summed E-state index contributed by atoms with van der Waals surface area (Å²) in [6, 6.07) is 16.5. The second-order valence-corrected chi connectivity index (χ2v) is 8.32. The van der Waals surface area contributed by atoms with Crippen LogP contribution in [0.4, 0.5) is 10.3 Å². The third-order valence-corrected chi connectivity index (χ3v) is 6.04. The molecule has 1 aliphatic heterocycles. The van der Waals surface area contributed by atoms with E-state index in [1.54, 1.807) is 37.5 Å². The topological polar surface area (TPSA) is 67.2 Å². The molecule has 0 N–H and O–H groups in total. The number of aryl methyl sites for hydroxylation is 1. The summed E-state index contributed by atoms with van der Waals surface area (Å²) >= 11 is 0. The molecule has 4 aromatic rings. The summed E-state index contributed by atoms with van der Waals surface area (Å²) in [4.78, 5) is 30.6. The van der Waals surface area contributed by atoms with Crippen LogP contribution in [0.25, 0.3) is 22.6 Å². The lowest BCUT2D eigenvalue weighted by atomic mass is 10.1. The van der Waals surface area contributed by atoms with Crippen molar-refractivity contribution in [1.29, 1.82) is 0 Å². The van der Waals surface area contributed by atoms with E-state index in [0.29, 0.717) is 49.2 Å². The summed E-state index contributed by atoms with van der Waals surface area (Å²) in [5.41, 5.74) is 3.01. The van der Waals surface area contributed by atoms with Crippen LogP contribution >= 0.6 is 0 Å². The van der Waals surface area contributed by atoms with Gasteiger partial charge in [0.2, 0.25) is 11.9 Å². The fourth-order valence-electron chi connectivity index (χ4n) is 4.15. The van der Waals surface area contributed by atoms with E-state index in [-0.39, 0.29) is 18.3 Å². The summed E-state index contributed by atoms with van der Waals surface area (Å²) in [6.45, 7) is 4.50. The molecule has 0 saturated carbocycles. The van der Waals surface area contributed by atoms with Gasteiger partial charge in [-0.15, -0.1) is 0 Å². The van der Waals surface area contributed by atoms with Crippen molar-refractivity contribution in [2.24, 2.45) is 0 Å². The van der Waals surface area contributed by atoms with Crippen molar-refractivity contribution in [3.8, 4) is 22.6 Å². The van der Waals surface area contributed by atoms with Crippen LogP contribution in [-0.4, -0.2) is 56.5 Å². The van der Waals surface area contributed by atoms with Crippen molar-refractivity contribution < 1.29 is 9.18 Å². The molecular weight excluding hydrogens is 431 g/mol. The Labute approximate surface area is 197 Å². The Hall–Kier alpha value is -4.07. The van der Waals surface area contributed by atoms with Crippen LogP contribution in [0.15, 0.2) is 73.2 Å². The minimum absolute atomic E-state index is 0.0325. The minimum atomic E-state index is -0.248. The minimum Gasteiger partial charge on any atom is -0.338 e. The molecule has 0 radical (unpaired) electrons. The van der Waals surface area contributed by atoms with E-state index in [1.165, 1.54) is 6.07 Å². The molecule has 0 atom stereocenters. The first-order chi connectivity index (χ1) is 16.6. The number of rotatable bonds is 5. The van der Waals surface area contributed by atoms with Gasteiger partial charge in [0.1, 0.15) is 18.2 Å². The van der Waals surface area contributed by atoms with Crippen molar-refractivity contribution in [2.75, 3.05) is 31.1 Å². The lowest BCUT2D eigenvalue weighted by Crippen LogP contribution is -2.50. The van der Waals surface area contributed by atoms with Crippen LogP contribution in [0, 0.1) is 12.7 Å². The smallest absolute Gasteiger partial charge is 0.242 e. The van der Waals surface area contributed by atoms with E-state index in [4.69, 9.17) is 4.98 Å². The van der Waals surface area contributed by atoms with E-state index in [0.717, 1.165) is 11.1 Å². The van der Waals surface area contributed by atoms with Crippen LogP contribution in [0.1, 0.15) is 5.56 Å². The van der Waals surface area contributed by atoms with E-state index < -0.39 is 0 Å². The predicted octanol–water partition coefficient (Wildman–Crippen LogP) is 3.80. The number of nitrogens with zero attached hydrogens (tertiary/aromatic N) is 6. The summed E-state index contributed by atoms with van der Waals surface area (Å²) in [5, 5.41) is 0. The average Bonchev–Trinajstić information content (AvgIpc) is 3.30. The van der Waals surface area contributed by atoms with E-state index in [9.17, 15) is 9.18 Å². The fourth-order valence-corrected chi connectivity index (χ4v) is 4.15. The molecule has 2 aromatic carbocycles. The van der Waals surface area contributed by atoms with Gasteiger partial charge in [0.05, 0.1) is 5.69 Å². The molecule has 0 aliphatic carbocycles. The summed E-state index contributed by atoms with van der Waals surface area (Å²) in [6.07, 6.45) is 5.33. The Morgan fingerprint density at radius 2 is 1.68 bits per heavy atom. The van der Waals surface area contributed by atoms with Gasteiger partial charge < -0.3 is 14.4 Å². The zero-order chi connectivity index (χ0) is 23.5. The van der Waals surface area contributed by atoms with Crippen LogP contribution in [0.3, 0.4) is 0 Å². The summed E-state index contributed by atoms with van der Waals surface area (Å²) in [5.74, 6) is 1.18. The van der Waals surface area contributed by atoms with Crippen LogP contribution in [0.2, 0.25) is 0 Å². The number of anilines is 1. The number of hydrogen-bond donors (Lipinski definition) is 0. The van der Waals surface area contributed by atoms with E-state index in [2.05, 4.69) is 14.9 Å². The molecule has 8 heteroatoms. The molecule has 172 valence electrons. The van der Waals surface area contributed by atoms with Crippen molar-refractivity contribution in [1.82, 2.24) is 24.4 Å². The quantitative estimate of drug-likeness (QED) is 0.457. The molecule has 1 fully saturated rings. The first-order valence-electron chi connectivity index (χ1n) is 11.3. The van der Waals surface area contributed by atoms with Gasteiger partial charge >= 0.3 is 0 Å². The summed E-state index contributed by atoms with van der Waals surface area (Å²) < 4.78 is 15.7. The van der Waals surface area contributed by atoms with E-state index in [1.807, 2.05) is 46.0 Å². The highest BCUT2D eigenvalue weighted by Gasteiger charge is 2.24. The molecule has 3 heterocycles. The maximum absolute atomic E-state index is 13.8. The number of carbonyl (C=O) groups excluding carboxylic acids is 1. The average molecular weight is 457 g/mol. The fraction of sp³-hybridized carbons (Fsp3) is 0.231. The van der Waals surface area contributed by atoms with Gasteiger partial charge in [-0.05, 0) is 36.8 Å². The zero-order valence-electron chi connectivity index (χ0n) is 18.9. The molecule has 0 bridgehead atoms. The number of hydrogen-bond acceptors (Lipinski definition) is 5. The van der Waals surface area contributed by atoms with Crippen molar-refractivity contribution in [3.63, 3.8) is 0 Å². The Morgan fingerprint density at radius 3 is 2.38 bits per heavy atom. The Kier molecular flexibility index (Phi) is 6.03. The SMILES string of the molecule is Cc1cc(-c2cn(CC(=O)N3CCN(c4ncccn4)CC3)c(-c3ccccc3)n2)ccc1F. The molecule has 34 heavy (non-hydrogen) atoms. The standard InChI is InChI=1S/C26H25FN6O/c1-19-16-21(8-9-22(19)27)23-17-33(25(30-23)20-6-3-2-4-7-20)18-24(34)31-12-14-32(15-13-31)26-28-10-5-11-29-26/h2-11,16-17H,12-15,18H2,1H3. The second kappa shape index (κ2) is 9.43. The number of aromatic nitrogens is 4. The van der Waals surface area contributed by atoms with Gasteiger partial charge in [0.25, 0.3) is 0 Å². The number of benzene rings is 2. The van der Waals surface area contributed by atoms with Crippen LogP contribution < -0.4 is 4.90 Å². The van der Waals surface area contributed by atoms with E-state index >= 15 is 0 Å². The largest absolute Gasteiger partial charge is 0.338 e. The molecule has 7 nitrogen and oxygen atoms in total. The highest BCUT2D eigenvalue weighted by atomic mass is 19.1. The summed E-state index contributed by atoms with van der Waals surface area (Å²) in [7, 11) is 0. The third kappa shape index (κ3) is 4.52. The maximum atomic E-state index is 13.8. The molecule has 1 amide bonds. The number of carbonyl (C=O) groups is 1. The van der Waals surface area contributed by atoms with Crippen LogP contribution in [0.5, 0.6) is 0 Å². The Balaban J connectivity index is 1.36.